The van der Waals surface area contributed by atoms with E-state index in [2.05, 4.69) is 4.98 Å². The molecule has 1 saturated carbocycles. The topological polar surface area (TPSA) is 73.3 Å². The zero-order valence-corrected chi connectivity index (χ0v) is 23.1. The average Bonchev–Trinajstić information content (AvgIpc) is 3.39. The molecule has 0 bridgehead atoms. The molecule has 1 aliphatic carbocycles. The van der Waals surface area contributed by atoms with Crippen LogP contribution in [0, 0.1) is 26.6 Å². The minimum Gasteiger partial charge on any atom is -0.455 e. The first kappa shape index (κ1) is 25.9. The lowest BCUT2D eigenvalue weighted by Gasteiger charge is -2.16. The van der Waals surface area contributed by atoms with Gasteiger partial charge in [-0.3, -0.25) is 9.59 Å². The van der Waals surface area contributed by atoms with E-state index in [0.29, 0.717) is 46.3 Å². The van der Waals surface area contributed by atoms with E-state index in [1.807, 2.05) is 58.0 Å². The number of nitrogens with zero attached hydrogens (tertiary/aromatic N) is 1. The number of carbonyl (C=O) groups is 2. The van der Waals surface area contributed by atoms with Crippen molar-refractivity contribution in [1.82, 2.24) is 4.98 Å². The van der Waals surface area contributed by atoms with Crippen LogP contribution in [0.4, 0.5) is 4.39 Å². The van der Waals surface area contributed by atoms with Crippen LogP contribution in [0.25, 0.3) is 33.4 Å². The lowest BCUT2D eigenvalue weighted by atomic mass is 9.87. The summed E-state index contributed by atoms with van der Waals surface area (Å²) in [6.07, 6.45) is 4.00. The molecule has 0 amide bonds. The van der Waals surface area contributed by atoms with Gasteiger partial charge in [-0.1, -0.05) is 19.1 Å². The number of oxazole rings is 1. The first-order valence-electron chi connectivity index (χ1n) is 13.6. The minimum atomic E-state index is -0.352. The molecule has 2 aromatic heterocycles. The third-order valence-electron chi connectivity index (χ3n) is 8.18. The number of Topliss-reactive ketones (excluding diaryl/α,β-unsaturated/α-hetero) is 2. The number of hydrogen-bond donors (Lipinski definition) is 0. The number of fused-ring (bicyclic) bond motifs is 1. The molecule has 0 unspecified atom stereocenters. The highest BCUT2D eigenvalue weighted by Crippen LogP contribution is 2.52. The minimum absolute atomic E-state index is 0.0513. The van der Waals surface area contributed by atoms with Gasteiger partial charge in [-0.05, 0) is 98.3 Å². The van der Waals surface area contributed by atoms with Crippen molar-refractivity contribution in [2.45, 2.75) is 58.8 Å². The molecule has 0 radical (unpaired) electrons. The molecule has 0 spiro atoms. The van der Waals surface area contributed by atoms with Gasteiger partial charge in [-0.25, -0.2) is 9.37 Å². The first-order chi connectivity index (χ1) is 19.2. The van der Waals surface area contributed by atoms with E-state index in [-0.39, 0.29) is 22.8 Å². The van der Waals surface area contributed by atoms with Crippen LogP contribution in [0.3, 0.4) is 0 Å². The second-order valence-corrected chi connectivity index (χ2v) is 10.9. The molecule has 0 atom stereocenters. The van der Waals surface area contributed by atoms with Gasteiger partial charge in [0.2, 0.25) is 0 Å². The maximum atomic E-state index is 13.7. The summed E-state index contributed by atoms with van der Waals surface area (Å²) in [4.78, 5) is 31.2. The Morgan fingerprint density at radius 3 is 2.30 bits per heavy atom. The van der Waals surface area contributed by atoms with E-state index in [4.69, 9.17) is 8.83 Å². The first-order valence-corrected chi connectivity index (χ1v) is 13.6. The quantitative estimate of drug-likeness (QED) is 0.186. The number of rotatable bonds is 8. The van der Waals surface area contributed by atoms with E-state index < -0.39 is 0 Å². The van der Waals surface area contributed by atoms with Crippen molar-refractivity contribution in [1.29, 1.82) is 0 Å². The van der Waals surface area contributed by atoms with Crippen LogP contribution in [0.5, 0.6) is 0 Å². The van der Waals surface area contributed by atoms with Crippen molar-refractivity contribution in [2.75, 3.05) is 0 Å². The predicted octanol–water partition coefficient (Wildman–Crippen LogP) is 8.72. The Kier molecular flexibility index (Phi) is 6.29. The van der Waals surface area contributed by atoms with Gasteiger partial charge < -0.3 is 8.83 Å². The molecule has 0 aliphatic heterocycles. The van der Waals surface area contributed by atoms with Gasteiger partial charge >= 0.3 is 0 Å². The predicted molar refractivity (Wildman–Crippen MR) is 152 cm³/mol. The Hall–Kier alpha value is -4.32. The Labute approximate surface area is 232 Å². The second kappa shape index (κ2) is 9.70. The summed E-state index contributed by atoms with van der Waals surface area (Å²) in [5.74, 6) is 0.897. The normalized spacial score (nSPS) is 14.0. The monoisotopic (exact) mass is 535 g/mol. The second-order valence-electron chi connectivity index (χ2n) is 10.9. The van der Waals surface area contributed by atoms with Crippen molar-refractivity contribution in [3.63, 3.8) is 0 Å². The largest absolute Gasteiger partial charge is 0.455 e. The molecule has 6 heteroatoms. The lowest BCUT2D eigenvalue weighted by Crippen LogP contribution is -2.16. The summed E-state index contributed by atoms with van der Waals surface area (Å²) in [6, 6.07) is 15.8. The zero-order chi connectivity index (χ0) is 28.2. The maximum Gasteiger partial charge on any atom is 0.181 e. The fourth-order valence-electron chi connectivity index (χ4n) is 5.85. The van der Waals surface area contributed by atoms with Crippen LogP contribution < -0.4 is 0 Å². The number of hydrogen-bond acceptors (Lipinski definition) is 5. The van der Waals surface area contributed by atoms with E-state index in [0.717, 1.165) is 46.5 Å². The van der Waals surface area contributed by atoms with Crippen LogP contribution in [-0.4, -0.2) is 16.6 Å². The highest BCUT2D eigenvalue weighted by Gasteiger charge is 2.49. The summed E-state index contributed by atoms with van der Waals surface area (Å²) < 4.78 is 25.2. The number of furan rings is 1. The van der Waals surface area contributed by atoms with Crippen molar-refractivity contribution >= 4 is 22.5 Å². The van der Waals surface area contributed by atoms with Crippen LogP contribution in [-0.2, 0) is 5.41 Å². The summed E-state index contributed by atoms with van der Waals surface area (Å²) in [7, 11) is 0. The number of aromatic nitrogens is 1. The van der Waals surface area contributed by atoms with Crippen LogP contribution in [0.2, 0.25) is 0 Å². The van der Waals surface area contributed by atoms with E-state index in [1.165, 1.54) is 18.5 Å². The highest BCUT2D eigenvalue weighted by atomic mass is 19.1. The summed E-state index contributed by atoms with van der Waals surface area (Å²) >= 11 is 0. The van der Waals surface area contributed by atoms with Crippen molar-refractivity contribution in [2.24, 2.45) is 0 Å². The molecule has 0 N–H and O–H groups in total. The third kappa shape index (κ3) is 4.37. The smallest absolute Gasteiger partial charge is 0.181 e. The summed E-state index contributed by atoms with van der Waals surface area (Å²) in [5.41, 5.74) is 6.85. The van der Waals surface area contributed by atoms with Crippen LogP contribution >= 0.6 is 0 Å². The zero-order valence-electron chi connectivity index (χ0n) is 23.1. The van der Waals surface area contributed by atoms with Gasteiger partial charge in [-0.2, -0.15) is 0 Å². The number of aryl methyl sites for hydroxylation is 3. The molecule has 1 fully saturated rings. The number of carbonyl (C=O) groups excluding carboxylic acids is 2. The highest BCUT2D eigenvalue weighted by molar-refractivity contribution is 6.13. The SMILES string of the molecule is CCC(=O)c1c(-c2ccc(F)cc2)oc2ccc(-c3cc(C(=O)CC4(c5ncoc5C)CC4)c(C)cc3C)cc12. The Morgan fingerprint density at radius 1 is 0.925 bits per heavy atom. The fourth-order valence-corrected chi connectivity index (χ4v) is 5.85. The van der Waals surface area contributed by atoms with Crippen LogP contribution in [0.1, 0.15) is 75.9 Å². The summed E-state index contributed by atoms with van der Waals surface area (Å²) in [5, 5.41) is 0.704. The van der Waals surface area contributed by atoms with Gasteiger partial charge in [0, 0.05) is 34.8 Å². The molecule has 202 valence electrons. The Balaban J connectivity index is 1.42. The van der Waals surface area contributed by atoms with E-state index in [9.17, 15) is 14.0 Å². The molecule has 1 aliphatic rings. The van der Waals surface area contributed by atoms with Crippen LogP contribution in [0.15, 0.2) is 69.8 Å². The lowest BCUT2D eigenvalue weighted by molar-refractivity contribution is 0.0965. The molecule has 5 aromatic rings. The number of ketones is 2. The van der Waals surface area contributed by atoms with Gasteiger partial charge in [0.05, 0.1) is 11.3 Å². The van der Waals surface area contributed by atoms with Gasteiger partial charge in [0.25, 0.3) is 0 Å². The molecular formula is C34H30FNO4. The van der Waals surface area contributed by atoms with E-state index in [1.54, 1.807) is 12.1 Å². The number of benzene rings is 3. The Morgan fingerprint density at radius 2 is 1.65 bits per heavy atom. The molecule has 0 saturated heterocycles. The molecule has 6 rings (SSSR count). The molecular weight excluding hydrogens is 505 g/mol. The van der Waals surface area contributed by atoms with E-state index >= 15 is 0 Å². The summed E-state index contributed by atoms with van der Waals surface area (Å²) in [6.45, 7) is 7.71. The number of halogens is 1. The van der Waals surface area contributed by atoms with Gasteiger partial charge in [0.15, 0.2) is 18.0 Å². The Bertz CT molecular complexity index is 1790. The maximum absolute atomic E-state index is 13.7. The standard InChI is InChI=1S/C34H30FNO4/c1-5-28(37)31-27-15-23(8-11-30(27)40-32(31)22-6-9-24(35)10-7-22)25-16-26(20(3)14-19(25)2)29(38)17-34(12-13-34)33-21(4)39-18-36-33/h6-11,14-16,18H,5,12-13,17H2,1-4H3. The molecule has 3 aromatic carbocycles. The third-order valence-corrected chi connectivity index (χ3v) is 8.18. The molecule has 2 heterocycles. The van der Waals surface area contributed by atoms with Gasteiger partial charge in [0.1, 0.15) is 22.9 Å². The molecule has 5 nitrogen and oxygen atoms in total. The molecule has 40 heavy (non-hydrogen) atoms. The van der Waals surface area contributed by atoms with Crippen molar-refractivity contribution < 1.29 is 22.8 Å². The average molecular weight is 536 g/mol. The van der Waals surface area contributed by atoms with Gasteiger partial charge in [-0.15, -0.1) is 0 Å². The van der Waals surface area contributed by atoms with Crippen molar-refractivity contribution in [3.05, 3.63) is 101 Å². The fraction of sp³-hybridized carbons (Fsp3) is 0.265. The van der Waals surface area contributed by atoms with Crippen molar-refractivity contribution in [3.8, 4) is 22.5 Å².